The van der Waals surface area contributed by atoms with Gasteiger partial charge in [0.05, 0.1) is 0 Å². The first-order valence-electron chi connectivity index (χ1n) is 20.0. The number of hydrogen-bond donors (Lipinski definition) is 0. The molecule has 0 amide bonds. The molecule has 0 unspecified atom stereocenters. The van der Waals surface area contributed by atoms with Crippen molar-refractivity contribution in [3.63, 3.8) is 0 Å². The second-order valence-corrected chi connectivity index (χ2v) is 16.8. The third-order valence-corrected chi connectivity index (χ3v) is 10.8. The summed E-state index contributed by atoms with van der Waals surface area (Å²) in [5.74, 6) is 5.89. The van der Waals surface area contributed by atoms with Gasteiger partial charge < -0.3 is 0 Å². The normalized spacial score (nSPS) is 22.7. The van der Waals surface area contributed by atoms with E-state index in [-0.39, 0.29) is 33.9 Å². The monoisotopic (exact) mass is 739 g/mol. The van der Waals surface area contributed by atoms with Gasteiger partial charge in [0.15, 0.2) is 0 Å². The van der Waals surface area contributed by atoms with Crippen molar-refractivity contribution >= 4 is 0 Å². The van der Waals surface area contributed by atoms with Gasteiger partial charge in [-0.05, 0) is 111 Å². The first-order valence-corrected chi connectivity index (χ1v) is 20.0. The van der Waals surface area contributed by atoms with Gasteiger partial charge in [0.1, 0.15) is 11.6 Å². The Balaban J connectivity index is -0.000000560. The van der Waals surface area contributed by atoms with Crippen LogP contribution in [0.3, 0.4) is 0 Å². The van der Waals surface area contributed by atoms with Crippen molar-refractivity contribution in [3.8, 4) is 0 Å². The predicted molar refractivity (Wildman–Crippen MR) is 238 cm³/mol. The van der Waals surface area contributed by atoms with Crippen molar-refractivity contribution < 1.29 is 8.78 Å². The largest absolute Gasteiger partial charge is 0.207 e. The lowest BCUT2D eigenvalue weighted by atomic mass is 9.84. The summed E-state index contributed by atoms with van der Waals surface area (Å²) in [6.07, 6.45) is 17.7. The van der Waals surface area contributed by atoms with Crippen molar-refractivity contribution in [1.82, 2.24) is 0 Å². The second kappa shape index (κ2) is 30.8. The summed E-state index contributed by atoms with van der Waals surface area (Å²) in [6, 6.07) is 18.9. The zero-order valence-corrected chi connectivity index (χ0v) is 34.5. The molecular weight excluding hydrogens is 651 g/mol. The molecule has 306 valence electrons. The lowest BCUT2D eigenvalue weighted by Crippen LogP contribution is -2.08. The van der Waals surface area contributed by atoms with Crippen LogP contribution in [-0.4, -0.2) is 0 Å². The van der Waals surface area contributed by atoms with E-state index in [9.17, 15) is 8.78 Å². The van der Waals surface area contributed by atoms with Gasteiger partial charge in [0.2, 0.25) is 0 Å². The topological polar surface area (TPSA) is 0 Å². The van der Waals surface area contributed by atoms with Crippen LogP contribution >= 0.6 is 0 Å². The van der Waals surface area contributed by atoms with Crippen molar-refractivity contribution in [2.75, 3.05) is 0 Å². The Hall–Kier alpha value is -2.48. The molecule has 0 spiro atoms. The van der Waals surface area contributed by atoms with Gasteiger partial charge in [-0.3, -0.25) is 0 Å². The van der Waals surface area contributed by atoms with Gasteiger partial charge in [0.25, 0.3) is 0 Å². The Bertz CT molecular complexity index is 1120. The molecule has 3 aromatic rings. The smallest absolute Gasteiger partial charge is 0.126 e. The van der Waals surface area contributed by atoms with Gasteiger partial charge in [-0.1, -0.05) is 201 Å². The Morgan fingerprint density at radius 1 is 0.321 bits per heavy atom. The summed E-state index contributed by atoms with van der Waals surface area (Å²) in [5, 5.41) is 0. The molecule has 53 heavy (non-hydrogen) atoms. The lowest BCUT2D eigenvalue weighted by molar-refractivity contribution is 0.308. The third kappa shape index (κ3) is 27.7. The minimum atomic E-state index is -0.116. The first-order chi connectivity index (χ1) is 23.5. The average Bonchev–Trinajstić information content (AvgIpc) is 3.08. The van der Waals surface area contributed by atoms with Crippen LogP contribution in [0.2, 0.25) is 0 Å². The maximum Gasteiger partial charge on any atom is 0.126 e. The Morgan fingerprint density at radius 3 is 0.642 bits per heavy atom. The van der Waals surface area contributed by atoms with Crippen molar-refractivity contribution in [1.29, 1.82) is 0 Å². The zero-order chi connectivity index (χ0) is 37.6. The molecule has 6 rings (SSSR count). The summed E-state index contributed by atoms with van der Waals surface area (Å²) in [4.78, 5) is 0. The minimum Gasteiger partial charge on any atom is -0.207 e. The van der Waals surface area contributed by atoms with Gasteiger partial charge in [-0.2, -0.15) is 0 Å². The molecule has 0 N–H and O–H groups in total. The second-order valence-electron chi connectivity index (χ2n) is 16.8. The minimum absolute atomic E-state index is 0. The SMILES string of the molecule is C.C.C.CC1CCC(C)CC1.CC1CCC(C)CC1.CC1CCC(C)CC1.Cc1ccc(C)c(F)c1.Cc1ccc(C)c(F)c1.Cc1ccc(C)cc1. The van der Waals surface area contributed by atoms with E-state index in [0.717, 1.165) is 46.6 Å². The average molecular weight is 739 g/mol. The van der Waals surface area contributed by atoms with E-state index in [4.69, 9.17) is 0 Å². The van der Waals surface area contributed by atoms with Crippen LogP contribution in [0.5, 0.6) is 0 Å². The van der Waals surface area contributed by atoms with Gasteiger partial charge in [-0.25, -0.2) is 8.78 Å². The zero-order valence-electron chi connectivity index (χ0n) is 34.5. The molecule has 0 bridgehead atoms. The summed E-state index contributed by atoms with van der Waals surface area (Å²) in [5.41, 5.74) is 6.02. The predicted octanol–water partition coefficient (Wildman–Crippen LogP) is 17.6. The van der Waals surface area contributed by atoms with E-state index in [2.05, 4.69) is 79.7 Å². The summed E-state index contributed by atoms with van der Waals surface area (Å²) < 4.78 is 25.2. The fraction of sp³-hybridized carbons (Fsp3) is 0.647. The van der Waals surface area contributed by atoms with Crippen LogP contribution in [0.15, 0.2) is 60.7 Å². The number of hydrogen-bond acceptors (Lipinski definition) is 0. The van der Waals surface area contributed by atoms with Crippen LogP contribution in [0.4, 0.5) is 8.78 Å². The first kappa shape index (κ1) is 54.9. The van der Waals surface area contributed by atoms with Gasteiger partial charge >= 0.3 is 0 Å². The molecule has 0 atom stereocenters. The van der Waals surface area contributed by atoms with Crippen molar-refractivity contribution in [2.24, 2.45) is 35.5 Å². The highest BCUT2D eigenvalue weighted by molar-refractivity contribution is 5.22. The molecule has 3 fully saturated rings. The Morgan fingerprint density at radius 2 is 0.491 bits per heavy atom. The summed E-state index contributed by atoms with van der Waals surface area (Å²) in [7, 11) is 0. The maximum absolute atomic E-state index is 12.6. The molecule has 3 aliphatic carbocycles. The highest BCUT2D eigenvalue weighted by Gasteiger charge is 2.14. The molecule has 3 saturated carbocycles. The highest BCUT2D eigenvalue weighted by Crippen LogP contribution is 2.28. The molecule has 0 nitrogen and oxygen atoms in total. The molecule has 0 saturated heterocycles. The Labute approximate surface area is 331 Å². The summed E-state index contributed by atoms with van der Waals surface area (Å²) in [6.45, 7) is 25.7. The van der Waals surface area contributed by atoms with Gasteiger partial charge in [0, 0.05) is 0 Å². The van der Waals surface area contributed by atoms with Crippen LogP contribution in [0.1, 0.15) is 174 Å². The molecule has 0 aromatic heterocycles. The maximum atomic E-state index is 12.6. The number of halogens is 2. The number of rotatable bonds is 0. The van der Waals surface area contributed by atoms with E-state index in [1.165, 1.54) is 100 Å². The standard InChI is InChI=1S/2C8H9F.3C8H16.C8H10.3CH4/c2*1-6-3-4-7(2)8(9)5-6;4*1-7-3-5-8(2)6-4-7;;;/h2*3-5H,1-2H3;3*7-8H,3-6H2,1-2H3;3-6H,1-2H3;3*1H4. The van der Waals surface area contributed by atoms with E-state index >= 15 is 0 Å². The van der Waals surface area contributed by atoms with Gasteiger partial charge in [-0.15, -0.1) is 0 Å². The molecule has 0 radical (unpaired) electrons. The fourth-order valence-electron chi connectivity index (χ4n) is 6.31. The van der Waals surface area contributed by atoms with Crippen LogP contribution < -0.4 is 0 Å². The molecule has 0 heterocycles. The van der Waals surface area contributed by atoms with Crippen LogP contribution in [0.25, 0.3) is 0 Å². The highest BCUT2D eigenvalue weighted by atomic mass is 19.1. The molecule has 2 heteroatoms. The van der Waals surface area contributed by atoms with E-state index in [0.29, 0.717) is 11.1 Å². The quantitative estimate of drug-likeness (QED) is 0.215. The van der Waals surface area contributed by atoms with E-state index in [1.807, 2.05) is 26.0 Å². The summed E-state index contributed by atoms with van der Waals surface area (Å²) >= 11 is 0. The number of benzene rings is 3. The van der Waals surface area contributed by atoms with Crippen molar-refractivity contribution in [3.05, 3.63) is 106 Å². The Kier molecular flexibility index (Phi) is 31.9. The van der Waals surface area contributed by atoms with E-state index in [1.54, 1.807) is 26.0 Å². The fourth-order valence-corrected chi connectivity index (χ4v) is 6.31. The van der Waals surface area contributed by atoms with E-state index < -0.39 is 0 Å². The molecule has 0 aliphatic heterocycles. The molecule has 3 aliphatic rings. The molecule has 3 aromatic carbocycles. The lowest BCUT2D eigenvalue weighted by Gasteiger charge is -2.22. The molecular formula is C51H88F2. The van der Waals surface area contributed by atoms with Crippen LogP contribution in [0, 0.1) is 88.7 Å². The number of aryl methyl sites for hydroxylation is 6. The van der Waals surface area contributed by atoms with Crippen molar-refractivity contribution in [2.45, 2.75) is 182 Å². The third-order valence-electron chi connectivity index (χ3n) is 10.8. The van der Waals surface area contributed by atoms with Crippen LogP contribution in [-0.2, 0) is 0 Å².